The molecule has 1 atom stereocenters. The zero-order valence-corrected chi connectivity index (χ0v) is 8.17. The molecule has 0 bridgehead atoms. The highest BCUT2D eigenvalue weighted by Gasteiger charge is 2.23. The molecule has 1 rings (SSSR count). The van der Waals surface area contributed by atoms with E-state index in [0.29, 0.717) is 12.1 Å². The van der Waals surface area contributed by atoms with Gasteiger partial charge in [0.05, 0.1) is 0 Å². The third-order valence-electron chi connectivity index (χ3n) is 1.69. The van der Waals surface area contributed by atoms with Crippen molar-refractivity contribution < 1.29 is 27.5 Å². The predicted octanol–water partition coefficient (Wildman–Crippen LogP) is 2.07. The average molecular weight is 232 g/mol. The molecule has 3 nitrogen and oxygen atoms in total. The largest absolute Gasteiger partial charge is 0.391 e. The van der Waals surface area contributed by atoms with Crippen molar-refractivity contribution in [1.29, 1.82) is 0 Å². The molecule has 1 aromatic rings. The molecule has 0 aromatic heterocycles. The summed E-state index contributed by atoms with van der Waals surface area (Å²) in [6, 6.07) is 2.10. The van der Waals surface area contributed by atoms with Crippen LogP contribution in [0.25, 0.3) is 0 Å². The van der Waals surface area contributed by atoms with Crippen LogP contribution < -0.4 is 0 Å². The topological polar surface area (TPSA) is 43.4 Å². The Bertz CT molecular complexity index is 431. The standard InChI is InChI=1S/C10H7F3O3/c1-5(14)16-10(15)9(13)6-2-3-7(11)8(12)4-6/h2-4,9H,1H3. The number of esters is 2. The van der Waals surface area contributed by atoms with E-state index in [1.165, 1.54) is 0 Å². The van der Waals surface area contributed by atoms with Crippen molar-refractivity contribution in [2.75, 3.05) is 0 Å². The summed E-state index contributed by atoms with van der Waals surface area (Å²) in [7, 11) is 0. The number of ether oxygens (including phenoxy) is 1. The van der Waals surface area contributed by atoms with Crippen molar-refractivity contribution in [3.8, 4) is 0 Å². The SMILES string of the molecule is CC(=O)OC(=O)C(F)c1ccc(F)c(F)c1. The van der Waals surface area contributed by atoms with Gasteiger partial charge in [-0.1, -0.05) is 6.07 Å². The highest BCUT2D eigenvalue weighted by atomic mass is 19.2. The predicted molar refractivity (Wildman–Crippen MR) is 47.0 cm³/mol. The number of hydrogen-bond donors (Lipinski definition) is 0. The van der Waals surface area contributed by atoms with Crippen LogP contribution in [0.1, 0.15) is 18.7 Å². The summed E-state index contributed by atoms with van der Waals surface area (Å²) in [5.74, 6) is -4.87. The number of rotatable bonds is 2. The Labute approximate surface area is 88.8 Å². The van der Waals surface area contributed by atoms with E-state index >= 15 is 0 Å². The smallest absolute Gasteiger partial charge is 0.353 e. The van der Waals surface area contributed by atoms with Crippen LogP contribution in [0.5, 0.6) is 0 Å². The minimum Gasteiger partial charge on any atom is -0.391 e. The molecule has 0 aliphatic heterocycles. The lowest BCUT2D eigenvalue weighted by atomic mass is 10.1. The first kappa shape index (κ1) is 12.2. The number of alkyl halides is 1. The van der Waals surface area contributed by atoms with Gasteiger partial charge in [-0.3, -0.25) is 4.79 Å². The molecule has 0 amide bonds. The summed E-state index contributed by atoms with van der Waals surface area (Å²) in [6.07, 6.45) is -2.32. The fourth-order valence-electron chi connectivity index (χ4n) is 1.000. The number of carbonyl (C=O) groups is 2. The second kappa shape index (κ2) is 4.78. The zero-order valence-electron chi connectivity index (χ0n) is 8.17. The Hall–Kier alpha value is -1.85. The summed E-state index contributed by atoms with van der Waals surface area (Å²) in [5, 5.41) is 0. The molecule has 0 radical (unpaired) electrons. The van der Waals surface area contributed by atoms with Crippen molar-refractivity contribution in [2.24, 2.45) is 0 Å². The minimum absolute atomic E-state index is 0.412. The molecular formula is C10H7F3O3. The molecule has 0 aliphatic carbocycles. The van der Waals surface area contributed by atoms with E-state index in [0.717, 1.165) is 13.0 Å². The molecule has 0 N–H and O–H groups in total. The van der Waals surface area contributed by atoms with Crippen LogP contribution in [0, 0.1) is 11.6 Å². The fourth-order valence-corrected chi connectivity index (χ4v) is 1.000. The molecule has 0 saturated heterocycles. The molecule has 1 aromatic carbocycles. The second-order valence-electron chi connectivity index (χ2n) is 2.95. The van der Waals surface area contributed by atoms with Gasteiger partial charge in [0.15, 0.2) is 11.6 Å². The Morgan fingerprint density at radius 3 is 2.38 bits per heavy atom. The van der Waals surface area contributed by atoms with E-state index in [-0.39, 0.29) is 0 Å². The van der Waals surface area contributed by atoms with Gasteiger partial charge in [0.2, 0.25) is 6.17 Å². The van der Waals surface area contributed by atoms with Crippen LogP contribution in [-0.2, 0) is 14.3 Å². The third kappa shape index (κ3) is 2.82. The molecular weight excluding hydrogens is 225 g/mol. The van der Waals surface area contributed by atoms with Gasteiger partial charge < -0.3 is 4.74 Å². The van der Waals surface area contributed by atoms with Crippen molar-refractivity contribution in [2.45, 2.75) is 13.1 Å². The normalized spacial score (nSPS) is 12.0. The third-order valence-corrected chi connectivity index (χ3v) is 1.69. The maximum atomic E-state index is 13.3. The Morgan fingerprint density at radius 1 is 1.25 bits per heavy atom. The Morgan fingerprint density at radius 2 is 1.88 bits per heavy atom. The monoisotopic (exact) mass is 232 g/mol. The van der Waals surface area contributed by atoms with Crippen LogP contribution >= 0.6 is 0 Å². The fraction of sp³-hybridized carbons (Fsp3) is 0.200. The molecule has 0 aliphatic rings. The van der Waals surface area contributed by atoms with E-state index in [9.17, 15) is 22.8 Å². The quantitative estimate of drug-likeness (QED) is 0.579. The van der Waals surface area contributed by atoms with Crippen LogP contribution in [0.2, 0.25) is 0 Å². The van der Waals surface area contributed by atoms with Gasteiger partial charge in [0.25, 0.3) is 0 Å². The molecule has 6 heteroatoms. The number of benzene rings is 1. The van der Waals surface area contributed by atoms with Crippen molar-refractivity contribution in [1.82, 2.24) is 0 Å². The van der Waals surface area contributed by atoms with Crippen molar-refractivity contribution in [3.63, 3.8) is 0 Å². The molecule has 0 heterocycles. The summed E-state index contributed by atoms with van der Waals surface area (Å²) < 4.78 is 42.5. The van der Waals surface area contributed by atoms with E-state index in [2.05, 4.69) is 4.74 Å². The average Bonchev–Trinajstić information content (AvgIpc) is 2.20. The molecule has 0 fully saturated rings. The van der Waals surface area contributed by atoms with Gasteiger partial charge in [-0.25, -0.2) is 18.0 Å². The first-order valence-corrected chi connectivity index (χ1v) is 4.23. The second-order valence-corrected chi connectivity index (χ2v) is 2.95. The minimum atomic E-state index is -2.32. The molecule has 86 valence electrons. The molecule has 0 spiro atoms. The van der Waals surface area contributed by atoms with Crippen LogP contribution in [-0.4, -0.2) is 11.9 Å². The van der Waals surface area contributed by atoms with Gasteiger partial charge in [-0.15, -0.1) is 0 Å². The maximum absolute atomic E-state index is 13.3. The number of hydrogen-bond acceptors (Lipinski definition) is 3. The molecule has 0 saturated carbocycles. The Kier molecular flexibility index (Phi) is 3.65. The van der Waals surface area contributed by atoms with Crippen LogP contribution in [0.15, 0.2) is 18.2 Å². The van der Waals surface area contributed by atoms with Crippen molar-refractivity contribution in [3.05, 3.63) is 35.4 Å². The maximum Gasteiger partial charge on any atom is 0.353 e. The summed E-state index contributed by atoms with van der Waals surface area (Å²) in [5.41, 5.74) is -0.412. The van der Waals surface area contributed by atoms with E-state index in [1.807, 2.05) is 0 Å². The van der Waals surface area contributed by atoms with Crippen LogP contribution in [0.4, 0.5) is 13.2 Å². The Balaban J connectivity index is 2.87. The molecule has 16 heavy (non-hydrogen) atoms. The lowest BCUT2D eigenvalue weighted by Gasteiger charge is -2.06. The summed E-state index contributed by atoms with van der Waals surface area (Å²) in [4.78, 5) is 21.3. The first-order valence-electron chi connectivity index (χ1n) is 4.23. The highest BCUT2D eigenvalue weighted by Crippen LogP contribution is 2.21. The lowest BCUT2D eigenvalue weighted by Crippen LogP contribution is -2.15. The van der Waals surface area contributed by atoms with Gasteiger partial charge in [0, 0.05) is 12.5 Å². The zero-order chi connectivity index (χ0) is 12.3. The number of carbonyl (C=O) groups excluding carboxylic acids is 2. The van der Waals surface area contributed by atoms with Gasteiger partial charge >= 0.3 is 11.9 Å². The van der Waals surface area contributed by atoms with Crippen LogP contribution in [0.3, 0.4) is 0 Å². The van der Waals surface area contributed by atoms with Gasteiger partial charge in [-0.05, 0) is 12.1 Å². The van der Waals surface area contributed by atoms with E-state index in [4.69, 9.17) is 0 Å². The lowest BCUT2D eigenvalue weighted by molar-refractivity contribution is -0.162. The summed E-state index contributed by atoms with van der Waals surface area (Å²) >= 11 is 0. The first-order chi connectivity index (χ1) is 7.41. The highest BCUT2D eigenvalue weighted by molar-refractivity contribution is 5.87. The van der Waals surface area contributed by atoms with E-state index in [1.54, 1.807) is 0 Å². The van der Waals surface area contributed by atoms with E-state index < -0.39 is 35.3 Å². The van der Waals surface area contributed by atoms with Gasteiger partial charge in [-0.2, -0.15) is 0 Å². The summed E-state index contributed by atoms with van der Waals surface area (Å²) in [6.45, 7) is 0.926. The number of halogens is 3. The van der Waals surface area contributed by atoms with Gasteiger partial charge in [0.1, 0.15) is 0 Å². The molecule has 1 unspecified atom stereocenters. The van der Waals surface area contributed by atoms with Crippen molar-refractivity contribution >= 4 is 11.9 Å².